The van der Waals surface area contributed by atoms with Gasteiger partial charge in [-0.1, -0.05) is 13.0 Å². The van der Waals surface area contributed by atoms with Gasteiger partial charge in [-0.25, -0.2) is 8.42 Å². The molecule has 0 aromatic heterocycles. The van der Waals surface area contributed by atoms with Gasteiger partial charge in [-0.2, -0.15) is 0 Å². The molecule has 0 heterocycles. The van der Waals surface area contributed by atoms with E-state index >= 15 is 0 Å². The lowest BCUT2D eigenvalue weighted by atomic mass is 10.1. The summed E-state index contributed by atoms with van der Waals surface area (Å²) in [6, 6.07) is 9.58. The van der Waals surface area contributed by atoms with E-state index in [2.05, 4.69) is 5.32 Å². The quantitative estimate of drug-likeness (QED) is 0.517. The lowest BCUT2D eigenvalue weighted by Crippen LogP contribution is -2.47. The number of nitrogens with zero attached hydrogens (tertiary/aromatic N) is 2. The van der Waals surface area contributed by atoms with Gasteiger partial charge >= 0.3 is 0 Å². The third-order valence-electron chi connectivity index (χ3n) is 4.42. The molecule has 0 spiro atoms. The highest BCUT2D eigenvalue weighted by Crippen LogP contribution is 2.28. The summed E-state index contributed by atoms with van der Waals surface area (Å²) < 4.78 is 31.1. The molecule has 0 fully saturated rings. The maximum atomic E-state index is 12.9. The molecule has 1 N–H and O–H groups in total. The van der Waals surface area contributed by atoms with Crippen LogP contribution in [0.3, 0.4) is 0 Å². The second-order valence-corrected chi connectivity index (χ2v) is 8.24. The van der Waals surface area contributed by atoms with Crippen molar-refractivity contribution >= 4 is 33.0 Å². The van der Waals surface area contributed by atoms with E-state index in [1.807, 2.05) is 0 Å². The number of methoxy groups -OCH3 is 1. The number of anilines is 2. The first-order chi connectivity index (χ1) is 13.6. The van der Waals surface area contributed by atoms with Crippen molar-refractivity contribution in [2.24, 2.45) is 0 Å². The average molecular weight is 421 g/mol. The van der Waals surface area contributed by atoms with Gasteiger partial charge in [0.25, 0.3) is 5.69 Å². The summed E-state index contributed by atoms with van der Waals surface area (Å²) in [5, 5.41) is 13.7. The van der Waals surface area contributed by atoms with E-state index in [1.54, 1.807) is 31.2 Å². The number of hydrogen-bond donors (Lipinski definition) is 1. The molecule has 0 radical (unpaired) electrons. The molecule has 156 valence electrons. The summed E-state index contributed by atoms with van der Waals surface area (Å²) in [5.41, 5.74) is 0.721. The summed E-state index contributed by atoms with van der Waals surface area (Å²) in [6.45, 7) is 3.21. The molecule has 1 atom stereocenters. The van der Waals surface area contributed by atoms with Crippen LogP contribution in [0.1, 0.15) is 18.9 Å². The molecule has 0 aliphatic carbocycles. The van der Waals surface area contributed by atoms with E-state index in [0.29, 0.717) is 11.4 Å². The van der Waals surface area contributed by atoms with Crippen LogP contribution in [0, 0.1) is 17.0 Å². The Hall–Kier alpha value is -3.14. The first-order valence-corrected chi connectivity index (χ1v) is 10.6. The Labute approximate surface area is 169 Å². The van der Waals surface area contributed by atoms with Gasteiger partial charge in [-0.15, -0.1) is 0 Å². The molecule has 0 saturated heterocycles. The number of nitro benzene ring substituents is 1. The zero-order valence-corrected chi connectivity index (χ0v) is 17.4. The molecule has 10 heteroatoms. The number of sulfonamides is 1. The second-order valence-electron chi connectivity index (χ2n) is 6.38. The number of hydrogen-bond acceptors (Lipinski definition) is 6. The highest BCUT2D eigenvalue weighted by molar-refractivity contribution is 7.92. The number of carbonyl (C=O) groups is 1. The molecule has 2 rings (SSSR count). The van der Waals surface area contributed by atoms with E-state index in [-0.39, 0.29) is 23.4 Å². The van der Waals surface area contributed by atoms with E-state index in [0.717, 1.165) is 10.6 Å². The Morgan fingerprint density at radius 2 is 1.86 bits per heavy atom. The Bertz CT molecular complexity index is 1010. The molecule has 0 unspecified atom stereocenters. The Balaban J connectivity index is 2.41. The van der Waals surface area contributed by atoms with Crippen molar-refractivity contribution in [3.8, 4) is 5.75 Å². The fourth-order valence-electron chi connectivity index (χ4n) is 2.96. The van der Waals surface area contributed by atoms with Crippen molar-refractivity contribution in [1.29, 1.82) is 0 Å². The van der Waals surface area contributed by atoms with Crippen molar-refractivity contribution in [3.63, 3.8) is 0 Å². The predicted octanol–water partition coefficient (Wildman–Crippen LogP) is 3.10. The smallest absolute Gasteiger partial charge is 0.274 e. The Kier molecular flexibility index (Phi) is 6.80. The van der Waals surface area contributed by atoms with Gasteiger partial charge in [-0.05, 0) is 43.7 Å². The molecular weight excluding hydrogens is 398 g/mol. The Morgan fingerprint density at radius 3 is 2.34 bits per heavy atom. The topological polar surface area (TPSA) is 119 Å². The van der Waals surface area contributed by atoms with Crippen molar-refractivity contribution in [1.82, 2.24) is 0 Å². The summed E-state index contributed by atoms with van der Waals surface area (Å²) >= 11 is 0. The first-order valence-electron chi connectivity index (χ1n) is 8.78. The highest BCUT2D eigenvalue weighted by Gasteiger charge is 2.32. The fraction of sp³-hybridized carbons (Fsp3) is 0.316. The predicted molar refractivity (Wildman–Crippen MR) is 111 cm³/mol. The van der Waals surface area contributed by atoms with Crippen molar-refractivity contribution in [3.05, 3.63) is 58.1 Å². The van der Waals surface area contributed by atoms with E-state index in [9.17, 15) is 23.3 Å². The first kappa shape index (κ1) is 22.2. The van der Waals surface area contributed by atoms with Crippen molar-refractivity contribution in [2.45, 2.75) is 26.3 Å². The molecule has 2 aromatic rings. The molecule has 0 saturated carbocycles. The van der Waals surface area contributed by atoms with Crippen LogP contribution < -0.4 is 14.4 Å². The molecule has 29 heavy (non-hydrogen) atoms. The molecule has 0 aliphatic rings. The lowest BCUT2D eigenvalue weighted by Gasteiger charge is -2.30. The molecule has 0 bridgehead atoms. The van der Waals surface area contributed by atoms with Crippen LogP contribution >= 0.6 is 0 Å². The van der Waals surface area contributed by atoms with E-state index in [1.165, 1.54) is 32.2 Å². The van der Waals surface area contributed by atoms with Crippen LogP contribution in [0.2, 0.25) is 0 Å². The van der Waals surface area contributed by atoms with Gasteiger partial charge in [-0.3, -0.25) is 19.2 Å². The van der Waals surface area contributed by atoms with Gasteiger partial charge in [0.05, 0.1) is 35.2 Å². The van der Waals surface area contributed by atoms with Crippen LogP contribution in [0.4, 0.5) is 17.1 Å². The molecule has 2 aromatic carbocycles. The van der Waals surface area contributed by atoms with Crippen molar-refractivity contribution in [2.75, 3.05) is 23.0 Å². The minimum absolute atomic E-state index is 0.133. The zero-order valence-electron chi connectivity index (χ0n) is 16.6. The number of nitro groups is 1. The number of benzene rings is 2. The number of ether oxygens (including phenoxy) is 1. The Morgan fingerprint density at radius 1 is 1.24 bits per heavy atom. The van der Waals surface area contributed by atoms with Crippen LogP contribution in [0.25, 0.3) is 0 Å². The van der Waals surface area contributed by atoms with Crippen LogP contribution in [-0.4, -0.2) is 38.7 Å². The van der Waals surface area contributed by atoms with Gasteiger partial charge in [0, 0.05) is 6.07 Å². The van der Waals surface area contributed by atoms with Gasteiger partial charge < -0.3 is 10.1 Å². The molecule has 0 aliphatic heterocycles. The van der Waals surface area contributed by atoms with Crippen LogP contribution in [0.15, 0.2) is 42.5 Å². The third kappa shape index (κ3) is 5.02. The molecule has 9 nitrogen and oxygen atoms in total. The standard InChI is InChI=1S/C19H23N3O6S/c1-5-17(19(23)20-16-7-6-8-18(13(16)2)22(24)25)21(29(4,26)27)14-9-11-15(28-3)12-10-14/h6-12,17H,5H2,1-4H3,(H,20,23)/t17-/m1/s1. The number of rotatable bonds is 8. The highest BCUT2D eigenvalue weighted by atomic mass is 32.2. The number of amides is 1. The lowest BCUT2D eigenvalue weighted by molar-refractivity contribution is -0.385. The molecule has 1 amide bonds. The summed E-state index contributed by atoms with van der Waals surface area (Å²) in [4.78, 5) is 23.5. The third-order valence-corrected chi connectivity index (χ3v) is 5.60. The van der Waals surface area contributed by atoms with Gasteiger partial charge in [0.2, 0.25) is 15.9 Å². The van der Waals surface area contributed by atoms with E-state index in [4.69, 9.17) is 4.74 Å². The van der Waals surface area contributed by atoms with Gasteiger partial charge in [0.15, 0.2) is 0 Å². The summed E-state index contributed by atoms with van der Waals surface area (Å²) in [6.07, 6.45) is 1.21. The largest absolute Gasteiger partial charge is 0.497 e. The monoisotopic (exact) mass is 421 g/mol. The summed E-state index contributed by atoms with van der Waals surface area (Å²) in [5.74, 6) is -0.0377. The fourth-order valence-corrected chi connectivity index (χ4v) is 4.17. The van der Waals surface area contributed by atoms with Crippen LogP contribution in [-0.2, 0) is 14.8 Å². The maximum absolute atomic E-state index is 12.9. The second kappa shape index (κ2) is 8.91. The minimum atomic E-state index is -3.79. The minimum Gasteiger partial charge on any atom is -0.497 e. The van der Waals surface area contributed by atoms with Crippen LogP contribution in [0.5, 0.6) is 5.75 Å². The number of carbonyl (C=O) groups excluding carboxylic acids is 1. The SMILES string of the molecule is CC[C@H](C(=O)Nc1cccc([N+](=O)[O-])c1C)N(c1ccc(OC)cc1)S(C)(=O)=O. The number of nitrogens with one attached hydrogen (secondary N) is 1. The average Bonchev–Trinajstić information content (AvgIpc) is 2.66. The summed E-state index contributed by atoms with van der Waals surface area (Å²) in [7, 11) is -2.30. The normalized spacial score (nSPS) is 12.1. The van der Waals surface area contributed by atoms with Gasteiger partial charge in [0.1, 0.15) is 11.8 Å². The molecular formula is C19H23N3O6S. The maximum Gasteiger partial charge on any atom is 0.274 e. The van der Waals surface area contributed by atoms with E-state index < -0.39 is 26.9 Å². The van der Waals surface area contributed by atoms with Crippen molar-refractivity contribution < 1.29 is 22.9 Å². The zero-order chi connectivity index (χ0) is 21.8.